The number of hydrogen-bond donors (Lipinski definition) is 1. The summed E-state index contributed by atoms with van der Waals surface area (Å²) >= 11 is 0. The Morgan fingerprint density at radius 2 is 1.71 bits per heavy atom. The Balaban J connectivity index is 2.84. The lowest BCUT2D eigenvalue weighted by Crippen LogP contribution is -2.08. The second-order valence-corrected chi connectivity index (χ2v) is 2.62. The van der Waals surface area contributed by atoms with Crippen LogP contribution in [0, 0.1) is 6.92 Å². The van der Waals surface area contributed by atoms with Crippen LogP contribution in [0.15, 0.2) is 24.3 Å². The van der Waals surface area contributed by atoms with E-state index in [9.17, 15) is 18.0 Å². The molecule has 1 aromatic rings. The lowest BCUT2D eigenvalue weighted by atomic mass is 10.2. The fourth-order valence-electron chi connectivity index (χ4n) is 0.904. The van der Waals surface area contributed by atoms with Gasteiger partial charge in [-0.2, -0.15) is 13.2 Å². The summed E-state index contributed by atoms with van der Waals surface area (Å²) in [6.07, 6.45) is -4.35. The van der Waals surface area contributed by atoms with E-state index in [1.54, 1.807) is 0 Å². The highest BCUT2D eigenvalue weighted by molar-refractivity contribution is 5.93. The molecule has 0 atom stereocenters. The zero-order valence-corrected chi connectivity index (χ0v) is 7.06. The number of benzene rings is 1. The van der Waals surface area contributed by atoms with Crippen molar-refractivity contribution in [1.29, 1.82) is 0 Å². The Morgan fingerprint density at radius 3 is 2.07 bits per heavy atom. The van der Waals surface area contributed by atoms with Gasteiger partial charge >= 0.3 is 6.18 Å². The molecule has 0 bridgehead atoms. The maximum atomic E-state index is 12.1. The van der Waals surface area contributed by atoms with E-state index >= 15 is 0 Å². The molecular formula is C9H7F3NO. The molecule has 0 saturated heterocycles. The molecule has 0 unspecified atom stereocenters. The number of alkyl halides is 3. The van der Waals surface area contributed by atoms with E-state index in [0.717, 1.165) is 12.1 Å². The topological polar surface area (TPSA) is 29.1 Å². The number of nitrogens with one attached hydrogen (secondary N) is 1. The van der Waals surface area contributed by atoms with Gasteiger partial charge < -0.3 is 5.32 Å². The van der Waals surface area contributed by atoms with Crippen LogP contribution in [-0.2, 0) is 11.0 Å². The third-order valence-corrected chi connectivity index (χ3v) is 1.50. The van der Waals surface area contributed by atoms with Gasteiger partial charge in [0.2, 0.25) is 5.91 Å². The summed E-state index contributed by atoms with van der Waals surface area (Å²) in [5, 5.41) is 2.27. The molecule has 75 valence electrons. The third-order valence-electron chi connectivity index (χ3n) is 1.50. The lowest BCUT2D eigenvalue weighted by molar-refractivity contribution is -0.137. The van der Waals surface area contributed by atoms with Crippen LogP contribution in [0.25, 0.3) is 0 Å². The molecule has 0 aliphatic rings. The number of carbonyl (C=O) groups is 1. The normalized spacial score (nSPS) is 11.1. The summed E-state index contributed by atoms with van der Waals surface area (Å²) in [6, 6.07) is 4.13. The van der Waals surface area contributed by atoms with Gasteiger partial charge in [-0.1, -0.05) is 0 Å². The summed E-state index contributed by atoms with van der Waals surface area (Å²) in [5.74, 6) is -0.565. The van der Waals surface area contributed by atoms with E-state index in [4.69, 9.17) is 0 Å². The molecule has 0 aliphatic heterocycles. The molecule has 14 heavy (non-hydrogen) atoms. The van der Waals surface area contributed by atoms with Crippen LogP contribution in [0.1, 0.15) is 5.56 Å². The first kappa shape index (κ1) is 10.6. The van der Waals surface area contributed by atoms with Crippen LogP contribution in [0.3, 0.4) is 0 Å². The quantitative estimate of drug-likeness (QED) is 0.744. The number of rotatable bonds is 1. The van der Waals surface area contributed by atoms with Gasteiger partial charge in [-0.3, -0.25) is 4.79 Å². The zero-order chi connectivity index (χ0) is 10.8. The summed E-state index contributed by atoms with van der Waals surface area (Å²) in [7, 11) is 0. The minimum atomic E-state index is -4.35. The summed E-state index contributed by atoms with van der Waals surface area (Å²) < 4.78 is 36.2. The zero-order valence-electron chi connectivity index (χ0n) is 7.06. The van der Waals surface area contributed by atoms with E-state index in [-0.39, 0.29) is 5.69 Å². The Labute approximate surface area is 78.7 Å². The molecule has 0 aliphatic carbocycles. The average molecular weight is 202 g/mol. The van der Waals surface area contributed by atoms with Crippen molar-refractivity contribution >= 4 is 11.6 Å². The molecule has 1 aromatic carbocycles. The molecule has 2 nitrogen and oxygen atoms in total. The van der Waals surface area contributed by atoms with Crippen molar-refractivity contribution in [3.05, 3.63) is 36.8 Å². The highest BCUT2D eigenvalue weighted by atomic mass is 19.4. The molecule has 0 fully saturated rings. The largest absolute Gasteiger partial charge is 0.416 e. The maximum Gasteiger partial charge on any atom is 0.416 e. The Bertz CT molecular complexity index is 329. The second kappa shape index (κ2) is 3.69. The van der Waals surface area contributed by atoms with E-state index in [2.05, 4.69) is 12.2 Å². The number of amides is 1. The minimum absolute atomic E-state index is 0.290. The highest BCUT2D eigenvalue weighted by Gasteiger charge is 2.29. The van der Waals surface area contributed by atoms with Crippen molar-refractivity contribution in [2.45, 2.75) is 6.18 Å². The molecular weight excluding hydrogens is 195 g/mol. The predicted octanol–water partition coefficient (Wildman–Crippen LogP) is 2.48. The first-order valence-corrected chi connectivity index (χ1v) is 3.70. The maximum absolute atomic E-state index is 12.1. The van der Waals surface area contributed by atoms with Gasteiger partial charge in [-0.05, 0) is 24.3 Å². The van der Waals surface area contributed by atoms with Gasteiger partial charge in [-0.25, -0.2) is 0 Å². The number of carbonyl (C=O) groups excluding carboxylic acids is 1. The van der Waals surface area contributed by atoms with Crippen LogP contribution in [0.5, 0.6) is 0 Å². The number of halogens is 3. The average Bonchev–Trinajstić information content (AvgIpc) is 2.02. The lowest BCUT2D eigenvalue weighted by Gasteiger charge is -2.07. The SMILES string of the molecule is [CH2]C(=O)Nc1ccc(C(F)(F)F)cc1. The van der Waals surface area contributed by atoms with Crippen molar-refractivity contribution < 1.29 is 18.0 Å². The van der Waals surface area contributed by atoms with Crippen molar-refractivity contribution in [1.82, 2.24) is 0 Å². The first-order valence-electron chi connectivity index (χ1n) is 3.70. The summed E-state index contributed by atoms with van der Waals surface area (Å²) in [5.41, 5.74) is -0.461. The first-order chi connectivity index (χ1) is 6.39. The van der Waals surface area contributed by atoms with Crippen LogP contribution < -0.4 is 5.32 Å². The molecule has 0 spiro atoms. The Hall–Kier alpha value is -1.52. The second-order valence-electron chi connectivity index (χ2n) is 2.62. The smallest absolute Gasteiger partial charge is 0.326 e. The van der Waals surface area contributed by atoms with Crippen LogP contribution in [0.4, 0.5) is 18.9 Å². The molecule has 0 heterocycles. The Morgan fingerprint density at radius 1 is 1.21 bits per heavy atom. The van der Waals surface area contributed by atoms with Gasteiger partial charge in [-0.15, -0.1) is 0 Å². The van der Waals surface area contributed by atoms with Gasteiger partial charge in [0.05, 0.1) is 5.56 Å². The fourth-order valence-corrected chi connectivity index (χ4v) is 0.904. The van der Waals surface area contributed by atoms with Crippen LogP contribution in [-0.4, -0.2) is 5.91 Å². The summed E-state index contributed by atoms with van der Waals surface area (Å²) in [6.45, 7) is 3.03. The Kier molecular flexibility index (Phi) is 2.78. The van der Waals surface area contributed by atoms with Crippen LogP contribution >= 0.6 is 0 Å². The van der Waals surface area contributed by atoms with Crippen molar-refractivity contribution in [3.8, 4) is 0 Å². The third kappa shape index (κ3) is 2.76. The predicted molar refractivity (Wildman–Crippen MR) is 45.4 cm³/mol. The molecule has 5 heteroatoms. The molecule has 1 amide bonds. The van der Waals surface area contributed by atoms with Gasteiger partial charge in [0.15, 0.2) is 0 Å². The molecule has 0 aromatic heterocycles. The van der Waals surface area contributed by atoms with E-state index in [0.29, 0.717) is 0 Å². The minimum Gasteiger partial charge on any atom is -0.326 e. The van der Waals surface area contributed by atoms with Gasteiger partial charge in [0.1, 0.15) is 0 Å². The standard InChI is InChI=1S/C9H7F3NO/c1-6(14)13-8-4-2-7(3-5-8)9(10,11)12/h2-5H,1H2,(H,13,14). The molecule has 0 saturated carbocycles. The van der Waals surface area contributed by atoms with E-state index in [1.165, 1.54) is 12.1 Å². The van der Waals surface area contributed by atoms with E-state index in [1.807, 2.05) is 0 Å². The fraction of sp³-hybridized carbons (Fsp3) is 0.111. The van der Waals surface area contributed by atoms with Crippen molar-refractivity contribution in [2.24, 2.45) is 0 Å². The monoisotopic (exact) mass is 202 g/mol. The summed E-state index contributed by atoms with van der Waals surface area (Å²) in [4.78, 5) is 10.5. The number of anilines is 1. The van der Waals surface area contributed by atoms with Crippen LogP contribution in [0.2, 0.25) is 0 Å². The molecule has 1 radical (unpaired) electrons. The highest BCUT2D eigenvalue weighted by Crippen LogP contribution is 2.29. The number of hydrogen-bond acceptors (Lipinski definition) is 1. The van der Waals surface area contributed by atoms with Crippen molar-refractivity contribution in [2.75, 3.05) is 5.32 Å². The van der Waals surface area contributed by atoms with Crippen molar-refractivity contribution in [3.63, 3.8) is 0 Å². The molecule has 1 rings (SSSR count). The van der Waals surface area contributed by atoms with E-state index < -0.39 is 17.6 Å². The molecule has 1 N–H and O–H groups in total. The van der Waals surface area contributed by atoms with Gasteiger partial charge in [0, 0.05) is 12.6 Å². The van der Waals surface area contributed by atoms with Gasteiger partial charge in [0.25, 0.3) is 0 Å².